The Morgan fingerprint density at radius 1 is 1.05 bits per heavy atom. The summed E-state index contributed by atoms with van der Waals surface area (Å²) in [4.78, 5) is 26.0. The first-order valence-corrected chi connectivity index (χ1v) is 8.47. The molecule has 2 atom stereocenters. The Morgan fingerprint density at radius 3 is 2.32 bits per heavy atom. The first-order chi connectivity index (χ1) is 10.2. The molecule has 0 aromatic rings. The van der Waals surface area contributed by atoms with Gasteiger partial charge in [0, 0.05) is 32.6 Å². The van der Waals surface area contributed by atoms with E-state index < -0.39 is 0 Å². The lowest BCUT2D eigenvalue weighted by atomic mass is 9.87. The van der Waals surface area contributed by atoms with Gasteiger partial charge in [-0.05, 0) is 30.6 Å². The number of nitrogens with one attached hydrogen (secondary N) is 2. The average Bonchev–Trinajstić information content (AvgIpc) is 3.07. The molecule has 3 fully saturated rings. The van der Waals surface area contributed by atoms with Gasteiger partial charge in [-0.2, -0.15) is 0 Å². The third-order valence-electron chi connectivity index (χ3n) is 5.38. The number of amides is 2. The maximum atomic E-state index is 12.2. The molecule has 0 aromatic heterocycles. The van der Waals surface area contributed by atoms with Crippen LogP contribution in [-0.2, 0) is 9.59 Å². The summed E-state index contributed by atoms with van der Waals surface area (Å²) in [5.74, 6) is 1.91. The smallest absolute Gasteiger partial charge is 0.241 e. The van der Waals surface area contributed by atoms with Gasteiger partial charge in [0.2, 0.25) is 11.8 Å². The van der Waals surface area contributed by atoms with Crippen molar-refractivity contribution in [3.8, 4) is 0 Å². The number of likely N-dealkylation sites (tertiary alicyclic amines) is 1. The largest absolute Gasteiger partial charge is 0.347 e. The third kappa shape index (κ3) is 4.35. The van der Waals surface area contributed by atoms with E-state index in [4.69, 9.17) is 0 Å². The van der Waals surface area contributed by atoms with Crippen LogP contribution in [0.25, 0.3) is 0 Å². The second-order valence-corrected chi connectivity index (χ2v) is 6.96. The molecular weight excluding hydrogens is 302 g/mol. The average molecular weight is 330 g/mol. The van der Waals surface area contributed by atoms with Crippen LogP contribution in [0.4, 0.5) is 0 Å². The van der Waals surface area contributed by atoms with Crippen LogP contribution in [0.5, 0.6) is 0 Å². The summed E-state index contributed by atoms with van der Waals surface area (Å²) in [5.41, 5.74) is 0. The Hall–Kier alpha value is -0.810. The first-order valence-electron chi connectivity index (χ1n) is 8.47. The summed E-state index contributed by atoms with van der Waals surface area (Å²) in [6, 6.07) is 0. The molecular formula is C16H28ClN3O2. The Morgan fingerprint density at radius 2 is 1.68 bits per heavy atom. The second-order valence-electron chi connectivity index (χ2n) is 6.96. The van der Waals surface area contributed by atoms with E-state index in [9.17, 15) is 9.59 Å². The molecule has 3 aliphatic rings. The normalized spacial score (nSPS) is 28.1. The molecule has 1 aliphatic carbocycles. The lowest BCUT2D eigenvalue weighted by Crippen LogP contribution is -2.40. The first kappa shape index (κ1) is 17.5. The molecule has 2 saturated heterocycles. The highest BCUT2D eigenvalue weighted by Crippen LogP contribution is 2.27. The molecule has 0 aromatic carbocycles. The van der Waals surface area contributed by atoms with Gasteiger partial charge in [-0.15, -0.1) is 12.4 Å². The minimum atomic E-state index is 0. The van der Waals surface area contributed by atoms with E-state index >= 15 is 0 Å². The van der Waals surface area contributed by atoms with Crippen molar-refractivity contribution in [2.45, 2.75) is 38.5 Å². The van der Waals surface area contributed by atoms with Crippen LogP contribution in [0.2, 0.25) is 0 Å². The minimum Gasteiger partial charge on any atom is -0.347 e. The number of hydrogen-bond acceptors (Lipinski definition) is 3. The molecule has 1 saturated carbocycles. The Kier molecular flexibility index (Phi) is 6.50. The molecule has 5 nitrogen and oxygen atoms in total. The van der Waals surface area contributed by atoms with Gasteiger partial charge in [0.1, 0.15) is 0 Å². The van der Waals surface area contributed by atoms with Gasteiger partial charge in [0.15, 0.2) is 0 Å². The minimum absolute atomic E-state index is 0. The second kappa shape index (κ2) is 8.16. The van der Waals surface area contributed by atoms with E-state index in [1.165, 1.54) is 32.1 Å². The highest BCUT2D eigenvalue weighted by Gasteiger charge is 2.37. The van der Waals surface area contributed by atoms with Crippen LogP contribution in [0.1, 0.15) is 38.5 Å². The number of rotatable bonds is 4. The van der Waals surface area contributed by atoms with Crippen LogP contribution in [-0.4, -0.2) is 49.4 Å². The summed E-state index contributed by atoms with van der Waals surface area (Å²) in [7, 11) is 0. The monoisotopic (exact) mass is 329 g/mol. The molecule has 2 aliphatic heterocycles. The van der Waals surface area contributed by atoms with Crippen molar-refractivity contribution in [3.05, 3.63) is 0 Å². The molecule has 6 heteroatoms. The Labute approximate surface area is 139 Å². The summed E-state index contributed by atoms with van der Waals surface area (Å²) in [6.45, 7) is 3.95. The number of hydrogen-bond donors (Lipinski definition) is 2. The van der Waals surface area contributed by atoms with Crippen LogP contribution in [0.3, 0.4) is 0 Å². The standard InChI is InChI=1S/C16H27N3O2.ClH/c20-15(6-12-4-2-1-3-5-12)18-9-16(21)19-10-13-7-17-8-14(13)11-19;/h12-14,17H,1-11H2,(H,18,20);1H/t13-,14+;. The summed E-state index contributed by atoms with van der Waals surface area (Å²) >= 11 is 0. The number of carbonyl (C=O) groups is 2. The van der Waals surface area contributed by atoms with Crippen molar-refractivity contribution in [2.75, 3.05) is 32.7 Å². The molecule has 0 bridgehead atoms. The van der Waals surface area contributed by atoms with Crippen LogP contribution < -0.4 is 10.6 Å². The maximum absolute atomic E-state index is 12.2. The molecule has 0 spiro atoms. The molecule has 22 heavy (non-hydrogen) atoms. The van der Waals surface area contributed by atoms with Crippen molar-refractivity contribution >= 4 is 24.2 Å². The van der Waals surface area contributed by atoms with Crippen molar-refractivity contribution in [1.82, 2.24) is 15.5 Å². The van der Waals surface area contributed by atoms with Crippen LogP contribution >= 0.6 is 12.4 Å². The molecule has 126 valence electrons. The number of fused-ring (bicyclic) bond motifs is 1. The quantitative estimate of drug-likeness (QED) is 0.814. The van der Waals surface area contributed by atoms with E-state index in [0.29, 0.717) is 24.2 Å². The van der Waals surface area contributed by atoms with E-state index in [0.717, 1.165) is 26.2 Å². The van der Waals surface area contributed by atoms with E-state index in [1.54, 1.807) is 0 Å². The zero-order chi connectivity index (χ0) is 14.7. The van der Waals surface area contributed by atoms with Crippen molar-refractivity contribution in [2.24, 2.45) is 17.8 Å². The highest BCUT2D eigenvalue weighted by molar-refractivity contribution is 5.85. The fraction of sp³-hybridized carbons (Fsp3) is 0.875. The van der Waals surface area contributed by atoms with Gasteiger partial charge in [-0.1, -0.05) is 19.3 Å². The summed E-state index contributed by atoms with van der Waals surface area (Å²) in [5, 5.41) is 6.20. The fourth-order valence-electron chi connectivity index (χ4n) is 4.07. The van der Waals surface area contributed by atoms with Crippen molar-refractivity contribution in [1.29, 1.82) is 0 Å². The third-order valence-corrected chi connectivity index (χ3v) is 5.38. The van der Waals surface area contributed by atoms with Gasteiger partial charge in [-0.3, -0.25) is 9.59 Å². The number of halogens is 1. The maximum Gasteiger partial charge on any atom is 0.241 e. The molecule has 0 unspecified atom stereocenters. The highest BCUT2D eigenvalue weighted by atomic mass is 35.5. The topological polar surface area (TPSA) is 61.4 Å². The van der Waals surface area contributed by atoms with Crippen molar-refractivity contribution < 1.29 is 9.59 Å². The summed E-state index contributed by atoms with van der Waals surface area (Å²) in [6.07, 6.45) is 6.75. The molecule has 0 radical (unpaired) electrons. The van der Waals surface area contributed by atoms with E-state index in [1.807, 2.05) is 4.90 Å². The van der Waals surface area contributed by atoms with Gasteiger partial charge >= 0.3 is 0 Å². The zero-order valence-electron chi connectivity index (χ0n) is 13.2. The number of nitrogens with zero attached hydrogens (tertiary/aromatic N) is 1. The molecule has 2 N–H and O–H groups in total. The SMILES string of the molecule is Cl.O=C(CC1CCCCC1)NCC(=O)N1C[C@H]2CNC[C@H]2C1. The lowest BCUT2D eigenvalue weighted by Gasteiger charge is -2.21. The predicted octanol–water partition coefficient (Wildman–Crippen LogP) is 1.17. The lowest BCUT2D eigenvalue weighted by molar-refractivity contribution is -0.132. The van der Waals surface area contributed by atoms with Gasteiger partial charge in [-0.25, -0.2) is 0 Å². The van der Waals surface area contributed by atoms with E-state index in [2.05, 4.69) is 10.6 Å². The van der Waals surface area contributed by atoms with Gasteiger partial charge < -0.3 is 15.5 Å². The van der Waals surface area contributed by atoms with Crippen LogP contribution in [0.15, 0.2) is 0 Å². The molecule has 3 rings (SSSR count). The fourth-order valence-corrected chi connectivity index (χ4v) is 4.07. The van der Waals surface area contributed by atoms with Gasteiger partial charge in [0.25, 0.3) is 0 Å². The summed E-state index contributed by atoms with van der Waals surface area (Å²) < 4.78 is 0. The molecule has 2 amide bonds. The predicted molar refractivity (Wildman–Crippen MR) is 87.9 cm³/mol. The number of carbonyl (C=O) groups excluding carboxylic acids is 2. The Balaban J connectivity index is 0.00000176. The zero-order valence-corrected chi connectivity index (χ0v) is 14.0. The van der Waals surface area contributed by atoms with Crippen LogP contribution in [0, 0.1) is 17.8 Å². The Bertz CT molecular complexity index is 387. The van der Waals surface area contributed by atoms with Gasteiger partial charge in [0.05, 0.1) is 6.54 Å². The van der Waals surface area contributed by atoms with Crippen molar-refractivity contribution in [3.63, 3.8) is 0 Å². The van der Waals surface area contributed by atoms with E-state index in [-0.39, 0.29) is 30.8 Å². The molecule has 2 heterocycles.